The summed E-state index contributed by atoms with van der Waals surface area (Å²) < 4.78 is 24.4. The molecule has 0 saturated heterocycles. The quantitative estimate of drug-likeness (QED) is 0.257. The zero-order valence-corrected chi connectivity index (χ0v) is 18.6. The van der Waals surface area contributed by atoms with Crippen LogP contribution in [0.15, 0.2) is 65.4 Å². The largest absolute Gasteiger partial charge is 0.490 e. The third-order valence-electron chi connectivity index (χ3n) is 5.19. The molecule has 5 rings (SSSR count). The molecular weight excluding hydrogens is 464 g/mol. The van der Waals surface area contributed by atoms with Crippen LogP contribution >= 0.6 is 11.6 Å². The summed E-state index contributed by atoms with van der Waals surface area (Å²) in [7, 11) is 0. The molecule has 2 aromatic carbocycles. The predicted octanol–water partition coefficient (Wildman–Crippen LogP) is 4.91. The number of aromatic nitrogens is 3. The fourth-order valence-corrected chi connectivity index (χ4v) is 3.56. The number of fused-ring (bicyclic) bond motifs is 1. The zero-order valence-electron chi connectivity index (χ0n) is 17.8. The molecule has 174 valence electrons. The second-order valence-electron chi connectivity index (χ2n) is 7.57. The Bertz CT molecular complexity index is 1290. The van der Waals surface area contributed by atoms with Gasteiger partial charge in [0, 0.05) is 28.5 Å². The lowest BCUT2D eigenvalue weighted by atomic mass is 10.1. The number of ether oxygens (including phenoxy) is 3. The van der Waals surface area contributed by atoms with Gasteiger partial charge >= 0.3 is 11.8 Å². The van der Waals surface area contributed by atoms with E-state index in [0.717, 1.165) is 5.56 Å². The molecule has 34 heavy (non-hydrogen) atoms. The Morgan fingerprint density at radius 2 is 1.82 bits per heavy atom. The highest BCUT2D eigenvalue weighted by Gasteiger charge is 2.28. The van der Waals surface area contributed by atoms with Crippen molar-refractivity contribution in [3.8, 4) is 28.8 Å². The second-order valence-corrected chi connectivity index (χ2v) is 8.00. The number of aryl methyl sites for hydroxylation is 1. The lowest BCUT2D eigenvalue weighted by molar-refractivity contribution is -0.389. The van der Waals surface area contributed by atoms with Crippen LogP contribution in [-0.4, -0.2) is 32.2 Å². The molecule has 1 atom stereocenters. The van der Waals surface area contributed by atoms with Gasteiger partial charge in [-0.25, -0.2) is 4.98 Å². The maximum atomic E-state index is 10.9. The minimum Gasteiger partial charge on any atom is -0.490 e. The first kappa shape index (κ1) is 21.8. The molecule has 4 aromatic rings. The van der Waals surface area contributed by atoms with Crippen molar-refractivity contribution in [2.75, 3.05) is 6.61 Å². The average molecular weight is 483 g/mol. The summed E-state index contributed by atoms with van der Waals surface area (Å²) in [6, 6.07) is 14.7. The number of hydrogen-bond donors (Lipinski definition) is 0. The third-order valence-corrected chi connectivity index (χ3v) is 5.44. The van der Waals surface area contributed by atoms with Crippen molar-refractivity contribution in [1.82, 2.24) is 14.5 Å². The smallest absolute Gasteiger partial charge is 0.414 e. The Balaban J connectivity index is 1.14. The molecule has 0 fully saturated rings. The molecule has 3 heterocycles. The van der Waals surface area contributed by atoms with E-state index in [1.807, 2.05) is 24.3 Å². The van der Waals surface area contributed by atoms with Crippen LogP contribution in [0.25, 0.3) is 11.3 Å². The van der Waals surface area contributed by atoms with Crippen LogP contribution in [0.1, 0.15) is 12.3 Å². The molecule has 0 radical (unpaired) electrons. The highest BCUT2D eigenvalue weighted by Crippen LogP contribution is 2.26. The second kappa shape index (κ2) is 9.44. The predicted molar refractivity (Wildman–Crippen MR) is 121 cm³/mol. The molecule has 0 aliphatic carbocycles. The average Bonchev–Trinajstić information content (AvgIpc) is 3.50. The van der Waals surface area contributed by atoms with Crippen LogP contribution in [0.4, 0.5) is 5.82 Å². The van der Waals surface area contributed by atoms with Crippen molar-refractivity contribution in [3.63, 3.8) is 0 Å². The normalized spacial score (nSPS) is 14.8. The monoisotopic (exact) mass is 482 g/mol. The van der Waals surface area contributed by atoms with Gasteiger partial charge in [-0.05, 0) is 53.5 Å². The summed E-state index contributed by atoms with van der Waals surface area (Å²) in [6.45, 7) is 1.08. The minimum atomic E-state index is -0.535. The topological polar surface area (TPSA) is 115 Å². The Kier molecular flexibility index (Phi) is 6.05. The standard InChI is InChI=1S/C23H19ClN4O6/c24-16-3-7-18(8-4-16)32-14-22-25-20(13-33-22)15-1-5-17(6-2-15)31-12-19-9-10-27-11-21(28(29)30)26-23(27)34-19/h1-8,11,13,19H,9-10,12,14H2. The Labute approximate surface area is 198 Å². The van der Waals surface area contributed by atoms with E-state index in [2.05, 4.69) is 9.97 Å². The van der Waals surface area contributed by atoms with E-state index in [1.165, 1.54) is 6.20 Å². The van der Waals surface area contributed by atoms with Crippen molar-refractivity contribution in [1.29, 1.82) is 0 Å². The van der Waals surface area contributed by atoms with Gasteiger partial charge in [0.2, 0.25) is 5.89 Å². The van der Waals surface area contributed by atoms with E-state index in [0.29, 0.717) is 47.7 Å². The summed E-state index contributed by atoms with van der Waals surface area (Å²) in [5, 5.41) is 11.5. The SMILES string of the molecule is O=[N+]([O-])c1cn2c(n1)OC(COc1ccc(-c3coc(COc4ccc(Cl)cc4)n3)cc1)CC2. The van der Waals surface area contributed by atoms with Crippen molar-refractivity contribution in [2.24, 2.45) is 0 Å². The molecule has 10 nitrogen and oxygen atoms in total. The van der Waals surface area contributed by atoms with Gasteiger partial charge in [0.15, 0.2) is 6.61 Å². The highest BCUT2D eigenvalue weighted by molar-refractivity contribution is 6.30. The van der Waals surface area contributed by atoms with Gasteiger partial charge in [0.1, 0.15) is 42.4 Å². The van der Waals surface area contributed by atoms with E-state index >= 15 is 0 Å². The van der Waals surface area contributed by atoms with E-state index in [1.54, 1.807) is 35.1 Å². The van der Waals surface area contributed by atoms with Gasteiger partial charge in [-0.3, -0.25) is 4.57 Å². The van der Waals surface area contributed by atoms with E-state index < -0.39 is 4.92 Å². The Morgan fingerprint density at radius 1 is 1.09 bits per heavy atom. The Morgan fingerprint density at radius 3 is 2.59 bits per heavy atom. The first-order valence-corrected chi connectivity index (χ1v) is 10.9. The van der Waals surface area contributed by atoms with Gasteiger partial charge in [-0.1, -0.05) is 11.6 Å². The third kappa shape index (κ3) is 4.96. The summed E-state index contributed by atoms with van der Waals surface area (Å²) in [5.41, 5.74) is 1.56. The molecule has 0 saturated carbocycles. The molecule has 0 amide bonds. The molecular formula is C23H19ClN4O6. The molecule has 11 heteroatoms. The van der Waals surface area contributed by atoms with E-state index in [-0.39, 0.29) is 24.5 Å². The highest BCUT2D eigenvalue weighted by atomic mass is 35.5. The van der Waals surface area contributed by atoms with Gasteiger partial charge in [-0.15, -0.1) is 0 Å². The molecule has 1 unspecified atom stereocenters. The number of oxazole rings is 1. The van der Waals surface area contributed by atoms with Crippen LogP contribution in [0.2, 0.25) is 5.02 Å². The number of rotatable bonds is 8. The van der Waals surface area contributed by atoms with Crippen LogP contribution in [0, 0.1) is 10.1 Å². The van der Waals surface area contributed by atoms with Crippen molar-refractivity contribution >= 4 is 17.4 Å². The number of nitro groups is 1. The molecule has 1 aliphatic heterocycles. The molecule has 0 spiro atoms. The summed E-state index contributed by atoms with van der Waals surface area (Å²) in [4.78, 5) is 18.7. The van der Waals surface area contributed by atoms with Gasteiger partial charge in [0.25, 0.3) is 0 Å². The lowest BCUT2D eigenvalue weighted by Crippen LogP contribution is -2.31. The van der Waals surface area contributed by atoms with Crippen LogP contribution in [-0.2, 0) is 13.2 Å². The summed E-state index contributed by atoms with van der Waals surface area (Å²) in [6.07, 6.45) is 3.38. The van der Waals surface area contributed by atoms with Crippen molar-refractivity contribution in [2.45, 2.75) is 25.7 Å². The van der Waals surface area contributed by atoms with E-state index in [4.69, 9.17) is 30.2 Å². The first-order chi connectivity index (χ1) is 16.5. The maximum Gasteiger partial charge on any atom is 0.414 e. The fourth-order valence-electron chi connectivity index (χ4n) is 3.43. The van der Waals surface area contributed by atoms with Crippen molar-refractivity contribution < 1.29 is 23.6 Å². The lowest BCUT2D eigenvalue weighted by Gasteiger charge is -2.22. The number of halogens is 1. The number of imidazole rings is 1. The zero-order chi connectivity index (χ0) is 23.5. The van der Waals surface area contributed by atoms with Crippen LogP contribution < -0.4 is 14.2 Å². The maximum absolute atomic E-state index is 10.9. The molecule has 0 bridgehead atoms. The summed E-state index contributed by atoms with van der Waals surface area (Å²) >= 11 is 5.87. The van der Waals surface area contributed by atoms with E-state index in [9.17, 15) is 10.1 Å². The van der Waals surface area contributed by atoms with Crippen molar-refractivity contribution in [3.05, 3.63) is 82.0 Å². The minimum absolute atomic E-state index is 0.200. The molecule has 1 aliphatic rings. The van der Waals surface area contributed by atoms with Gasteiger partial charge in [0.05, 0.1) is 0 Å². The number of benzene rings is 2. The molecule has 0 N–H and O–H groups in total. The van der Waals surface area contributed by atoms with Crippen LogP contribution in [0.3, 0.4) is 0 Å². The number of nitrogens with zero attached hydrogens (tertiary/aromatic N) is 4. The summed E-state index contributed by atoms with van der Waals surface area (Å²) in [5.74, 6) is 1.58. The van der Waals surface area contributed by atoms with Gasteiger partial charge < -0.3 is 28.7 Å². The first-order valence-electron chi connectivity index (χ1n) is 10.5. The van der Waals surface area contributed by atoms with Gasteiger partial charge in [-0.2, -0.15) is 0 Å². The fraction of sp³-hybridized carbons (Fsp3) is 0.217. The van der Waals surface area contributed by atoms with Crippen LogP contribution in [0.5, 0.6) is 17.5 Å². The molecule has 2 aromatic heterocycles. The Hall–Kier alpha value is -4.05. The number of hydrogen-bond acceptors (Lipinski definition) is 8.